The molecule has 39 heavy (non-hydrogen) atoms. The third kappa shape index (κ3) is 5.48. The maximum atomic E-state index is 13.7. The molecular formula is C30H34N4O5. The van der Waals surface area contributed by atoms with Gasteiger partial charge >= 0.3 is 11.9 Å². The molecule has 0 spiro atoms. The van der Waals surface area contributed by atoms with Crippen LogP contribution in [0, 0.1) is 5.92 Å². The van der Waals surface area contributed by atoms with Gasteiger partial charge in [0.2, 0.25) is 0 Å². The number of rotatable bonds is 8. The van der Waals surface area contributed by atoms with E-state index >= 15 is 0 Å². The van der Waals surface area contributed by atoms with Crippen molar-refractivity contribution in [2.24, 2.45) is 5.92 Å². The number of carbonyl (C=O) groups excluding carboxylic acids is 2. The van der Waals surface area contributed by atoms with Crippen molar-refractivity contribution < 1.29 is 23.8 Å². The normalized spacial score (nSPS) is 18.7. The van der Waals surface area contributed by atoms with Crippen molar-refractivity contribution in [3.63, 3.8) is 0 Å². The van der Waals surface area contributed by atoms with Crippen molar-refractivity contribution in [3.05, 3.63) is 82.7 Å². The second-order valence-corrected chi connectivity index (χ2v) is 9.82. The predicted octanol–water partition coefficient (Wildman–Crippen LogP) is 4.77. The van der Waals surface area contributed by atoms with Gasteiger partial charge in [0.25, 0.3) is 0 Å². The van der Waals surface area contributed by atoms with Gasteiger partial charge in [0, 0.05) is 36.1 Å². The molecule has 0 radical (unpaired) electrons. The minimum absolute atomic E-state index is 0.171. The number of methoxy groups -OCH3 is 1. The second-order valence-electron chi connectivity index (χ2n) is 9.82. The van der Waals surface area contributed by atoms with E-state index in [-0.39, 0.29) is 18.5 Å². The highest BCUT2D eigenvalue weighted by Crippen LogP contribution is 2.46. The van der Waals surface area contributed by atoms with Crippen LogP contribution in [-0.4, -0.2) is 48.9 Å². The summed E-state index contributed by atoms with van der Waals surface area (Å²) in [5.74, 6) is 0.205. The van der Waals surface area contributed by atoms with Crippen LogP contribution in [0.1, 0.15) is 49.3 Å². The van der Waals surface area contributed by atoms with Gasteiger partial charge in [-0.1, -0.05) is 36.4 Å². The van der Waals surface area contributed by atoms with E-state index in [1.165, 1.54) is 0 Å². The molecule has 0 amide bonds. The topological polar surface area (TPSA) is 106 Å². The Morgan fingerprint density at radius 3 is 2.69 bits per heavy atom. The number of allylic oxidation sites excluding steroid dienone is 1. The second kappa shape index (κ2) is 11.6. The van der Waals surface area contributed by atoms with Gasteiger partial charge in [-0.05, 0) is 43.9 Å². The number of anilines is 2. The van der Waals surface area contributed by atoms with Crippen LogP contribution in [0.5, 0.6) is 5.75 Å². The van der Waals surface area contributed by atoms with Crippen LogP contribution < -0.4 is 15.0 Å². The summed E-state index contributed by atoms with van der Waals surface area (Å²) < 4.78 is 16.7. The van der Waals surface area contributed by atoms with Gasteiger partial charge in [-0.25, -0.2) is 4.79 Å². The first-order valence-electron chi connectivity index (χ1n) is 13.3. The molecule has 1 fully saturated rings. The largest absolute Gasteiger partial charge is 0.497 e. The molecule has 2 unspecified atom stereocenters. The Labute approximate surface area is 228 Å². The third-order valence-corrected chi connectivity index (χ3v) is 7.35. The number of aromatic amines is 1. The number of hydrogen-bond acceptors (Lipinski definition) is 8. The van der Waals surface area contributed by atoms with E-state index in [2.05, 4.69) is 20.4 Å². The zero-order valence-corrected chi connectivity index (χ0v) is 22.5. The third-order valence-electron chi connectivity index (χ3n) is 7.35. The van der Waals surface area contributed by atoms with E-state index < -0.39 is 11.9 Å². The lowest BCUT2D eigenvalue weighted by atomic mass is 9.81. The average Bonchev–Trinajstić information content (AvgIpc) is 3.43. The summed E-state index contributed by atoms with van der Waals surface area (Å²) in [5, 5.41) is 10.6. The van der Waals surface area contributed by atoms with Gasteiger partial charge in [0.05, 0.1) is 37.3 Å². The maximum absolute atomic E-state index is 13.7. The number of aromatic nitrogens is 2. The monoisotopic (exact) mass is 530 g/mol. The number of hydrogen-bond donors (Lipinski definition) is 2. The van der Waals surface area contributed by atoms with Gasteiger partial charge in [-0.2, -0.15) is 5.10 Å². The molecule has 0 saturated carbocycles. The molecule has 9 heteroatoms. The minimum Gasteiger partial charge on any atom is -0.497 e. The predicted molar refractivity (Wildman–Crippen MR) is 148 cm³/mol. The zero-order chi connectivity index (χ0) is 27.4. The lowest BCUT2D eigenvalue weighted by molar-refractivity contribution is -0.148. The first kappa shape index (κ1) is 26.3. The van der Waals surface area contributed by atoms with Crippen LogP contribution in [0.25, 0.3) is 0 Å². The fourth-order valence-electron chi connectivity index (χ4n) is 5.45. The zero-order valence-electron chi connectivity index (χ0n) is 22.5. The molecule has 2 N–H and O–H groups in total. The smallest absolute Gasteiger partial charge is 0.337 e. The first-order valence-corrected chi connectivity index (χ1v) is 13.3. The number of carbonyl (C=O) groups is 2. The highest BCUT2D eigenvalue weighted by Gasteiger charge is 2.37. The van der Waals surface area contributed by atoms with Crippen molar-refractivity contribution in [1.82, 2.24) is 10.2 Å². The molecule has 1 saturated heterocycles. The summed E-state index contributed by atoms with van der Waals surface area (Å²) in [6.07, 6.45) is 3.38. The van der Waals surface area contributed by atoms with E-state index in [0.29, 0.717) is 30.2 Å². The Hall–Kier alpha value is -4.27. The van der Waals surface area contributed by atoms with Gasteiger partial charge in [0.1, 0.15) is 18.2 Å². The number of benzene rings is 2. The number of ether oxygens (including phenoxy) is 3. The minimum atomic E-state index is -0.438. The quantitative estimate of drug-likeness (QED) is 0.401. The van der Waals surface area contributed by atoms with Crippen molar-refractivity contribution in [2.45, 2.75) is 39.2 Å². The lowest BCUT2D eigenvalue weighted by Crippen LogP contribution is -2.40. The number of nitrogens with zero attached hydrogens (tertiary/aromatic N) is 2. The summed E-state index contributed by atoms with van der Waals surface area (Å²) >= 11 is 0. The average molecular weight is 531 g/mol. The lowest BCUT2D eigenvalue weighted by Gasteiger charge is -2.37. The standard InChI is InChI=1S/C30H34N4O5/c1-4-38-29(35)21-11-8-14-34(17-21)25-15-22(37-3)12-13-23(25)27-24-16-31-33-28(24)32-19(2)26(27)30(36)39-18-20-9-6-5-7-10-20/h5-7,9-10,12-13,15-16,21,27H,4,8,11,14,17-18H2,1-3H3,(H2,31,32,33). The Bertz CT molecular complexity index is 1370. The molecule has 2 aliphatic rings. The van der Waals surface area contributed by atoms with Gasteiger partial charge in [0.15, 0.2) is 0 Å². The highest BCUT2D eigenvalue weighted by atomic mass is 16.5. The van der Waals surface area contributed by atoms with Crippen molar-refractivity contribution >= 4 is 23.4 Å². The Morgan fingerprint density at radius 2 is 1.92 bits per heavy atom. The van der Waals surface area contributed by atoms with E-state index in [4.69, 9.17) is 14.2 Å². The van der Waals surface area contributed by atoms with Crippen LogP contribution >= 0.6 is 0 Å². The summed E-state index contributed by atoms with van der Waals surface area (Å²) in [6.45, 7) is 5.53. The van der Waals surface area contributed by atoms with E-state index in [1.54, 1.807) is 13.3 Å². The molecule has 0 aliphatic carbocycles. The fraction of sp³-hybridized carbons (Fsp3) is 0.367. The van der Waals surface area contributed by atoms with E-state index in [0.717, 1.165) is 47.6 Å². The molecule has 9 nitrogen and oxygen atoms in total. The molecule has 3 heterocycles. The van der Waals surface area contributed by atoms with Crippen molar-refractivity contribution in [3.8, 4) is 5.75 Å². The molecule has 0 bridgehead atoms. The number of nitrogens with one attached hydrogen (secondary N) is 2. The van der Waals surface area contributed by atoms with Crippen LogP contribution in [0.3, 0.4) is 0 Å². The van der Waals surface area contributed by atoms with Crippen molar-refractivity contribution in [2.75, 3.05) is 37.0 Å². The Kier molecular flexibility index (Phi) is 7.86. The van der Waals surface area contributed by atoms with E-state index in [9.17, 15) is 9.59 Å². The molecule has 1 aromatic heterocycles. The van der Waals surface area contributed by atoms with Gasteiger partial charge in [-0.3, -0.25) is 9.89 Å². The number of piperidine rings is 1. The summed E-state index contributed by atoms with van der Waals surface area (Å²) in [4.78, 5) is 28.5. The summed E-state index contributed by atoms with van der Waals surface area (Å²) in [7, 11) is 1.63. The maximum Gasteiger partial charge on any atom is 0.337 e. The molecule has 204 valence electrons. The number of fused-ring (bicyclic) bond motifs is 1. The van der Waals surface area contributed by atoms with Crippen LogP contribution in [0.15, 0.2) is 66.0 Å². The molecule has 2 aliphatic heterocycles. The summed E-state index contributed by atoms with van der Waals surface area (Å²) in [6, 6.07) is 15.5. The first-order chi connectivity index (χ1) is 19.0. The molecule has 5 rings (SSSR count). The van der Waals surface area contributed by atoms with Gasteiger partial charge in [-0.15, -0.1) is 0 Å². The molecular weight excluding hydrogens is 496 g/mol. The summed E-state index contributed by atoms with van der Waals surface area (Å²) in [5.41, 5.74) is 4.79. The van der Waals surface area contributed by atoms with Crippen LogP contribution in [0.2, 0.25) is 0 Å². The van der Waals surface area contributed by atoms with Crippen LogP contribution in [0.4, 0.5) is 11.5 Å². The van der Waals surface area contributed by atoms with Crippen molar-refractivity contribution in [1.29, 1.82) is 0 Å². The number of esters is 2. The number of H-pyrrole nitrogens is 1. The van der Waals surface area contributed by atoms with E-state index in [1.807, 2.05) is 62.4 Å². The SMILES string of the molecule is CCOC(=O)C1CCCN(c2cc(OC)ccc2C2C(C(=O)OCc3ccccc3)=C(C)Nc3[nH]ncc32)C1. The Balaban J connectivity index is 1.54. The highest BCUT2D eigenvalue weighted by molar-refractivity contribution is 5.95. The van der Waals surface area contributed by atoms with Crippen LogP contribution in [-0.2, 0) is 25.7 Å². The molecule has 2 aromatic carbocycles. The molecule has 2 atom stereocenters. The molecule has 3 aromatic rings. The van der Waals surface area contributed by atoms with Gasteiger partial charge < -0.3 is 24.4 Å². The Morgan fingerprint density at radius 1 is 1.10 bits per heavy atom. The fourth-order valence-corrected chi connectivity index (χ4v) is 5.45.